The fraction of sp³-hybridized carbons (Fsp3) is 0.214. The number of fused-ring (bicyclic) bond motifs is 1. The third kappa shape index (κ3) is 2.06. The lowest BCUT2D eigenvalue weighted by Crippen LogP contribution is -2.30. The Bertz CT molecular complexity index is 522. The Morgan fingerprint density at radius 2 is 2.06 bits per heavy atom. The first-order valence-electron chi connectivity index (χ1n) is 5.77. The largest absolute Gasteiger partial charge is 0.306 e. The zero-order chi connectivity index (χ0) is 11.7. The molecule has 1 atom stereocenters. The van der Waals surface area contributed by atoms with Gasteiger partial charge in [0.15, 0.2) is 0 Å². The Labute approximate surface area is 106 Å². The minimum Gasteiger partial charge on any atom is -0.306 e. The zero-order valence-electron chi connectivity index (χ0n) is 9.36. The van der Waals surface area contributed by atoms with Crippen LogP contribution in [0.1, 0.15) is 22.7 Å². The summed E-state index contributed by atoms with van der Waals surface area (Å²) in [5.41, 5.74) is 3.94. The molecule has 2 aromatic rings. The van der Waals surface area contributed by atoms with Gasteiger partial charge >= 0.3 is 0 Å². The van der Waals surface area contributed by atoms with Gasteiger partial charge in [-0.3, -0.25) is 0 Å². The van der Waals surface area contributed by atoms with Gasteiger partial charge in [-0.25, -0.2) is 4.98 Å². The molecule has 0 spiro atoms. The van der Waals surface area contributed by atoms with Crippen molar-refractivity contribution in [1.82, 2.24) is 10.3 Å². The molecule has 17 heavy (non-hydrogen) atoms. The molecule has 0 saturated carbocycles. The van der Waals surface area contributed by atoms with E-state index < -0.39 is 0 Å². The third-order valence-corrected chi connectivity index (χ3v) is 3.42. The van der Waals surface area contributed by atoms with Crippen LogP contribution in [0.3, 0.4) is 0 Å². The van der Waals surface area contributed by atoms with E-state index in [1.165, 1.54) is 16.7 Å². The smallest absolute Gasteiger partial charge is 0.129 e. The van der Waals surface area contributed by atoms with Crippen LogP contribution < -0.4 is 5.32 Å². The summed E-state index contributed by atoms with van der Waals surface area (Å²) >= 11 is 5.82. The maximum Gasteiger partial charge on any atom is 0.129 e. The molecule has 1 N–H and O–H groups in total. The normalized spacial score (nSPS) is 18.8. The van der Waals surface area contributed by atoms with Gasteiger partial charge in [0.05, 0.1) is 6.04 Å². The molecule has 86 valence electrons. The van der Waals surface area contributed by atoms with E-state index in [1.807, 2.05) is 18.3 Å². The second-order valence-electron chi connectivity index (χ2n) is 4.25. The molecule has 0 radical (unpaired) electrons. The maximum atomic E-state index is 5.82. The van der Waals surface area contributed by atoms with Crippen LogP contribution in [0.15, 0.2) is 42.6 Å². The molecule has 0 bridgehead atoms. The van der Waals surface area contributed by atoms with Gasteiger partial charge in [0, 0.05) is 12.7 Å². The van der Waals surface area contributed by atoms with Crippen molar-refractivity contribution in [3.05, 3.63) is 64.4 Å². The molecule has 0 fully saturated rings. The number of hydrogen-bond acceptors (Lipinski definition) is 2. The number of benzene rings is 1. The number of halogens is 1. The lowest BCUT2D eigenvalue weighted by molar-refractivity contribution is 0.566. The molecule has 0 unspecified atom stereocenters. The highest BCUT2D eigenvalue weighted by molar-refractivity contribution is 6.29. The van der Waals surface area contributed by atoms with Crippen LogP contribution in [0.25, 0.3) is 0 Å². The standard InChI is InChI=1S/C14H13ClN2/c15-13-6-5-11(9-17-13)14-12-4-2-1-3-10(12)7-8-16-14/h1-6,9,14,16H,7-8H2/t14-/m0/s1. The first kappa shape index (κ1) is 10.8. The van der Waals surface area contributed by atoms with Crippen LogP contribution in [0.5, 0.6) is 0 Å². The maximum absolute atomic E-state index is 5.82. The number of nitrogens with one attached hydrogen (secondary N) is 1. The van der Waals surface area contributed by atoms with Crippen molar-refractivity contribution >= 4 is 11.6 Å². The predicted molar refractivity (Wildman–Crippen MR) is 69.2 cm³/mol. The summed E-state index contributed by atoms with van der Waals surface area (Å²) in [5, 5.41) is 4.07. The lowest BCUT2D eigenvalue weighted by Gasteiger charge is -2.27. The summed E-state index contributed by atoms with van der Waals surface area (Å²) in [4.78, 5) is 4.15. The van der Waals surface area contributed by atoms with Gasteiger partial charge < -0.3 is 5.32 Å². The molecular weight excluding hydrogens is 232 g/mol. The first-order valence-corrected chi connectivity index (χ1v) is 6.15. The Balaban J connectivity index is 2.03. The van der Waals surface area contributed by atoms with Crippen molar-refractivity contribution in [3.8, 4) is 0 Å². The fourth-order valence-electron chi connectivity index (χ4n) is 2.36. The van der Waals surface area contributed by atoms with Crippen LogP contribution in [0.4, 0.5) is 0 Å². The molecule has 0 saturated heterocycles. The van der Waals surface area contributed by atoms with E-state index in [0.717, 1.165) is 13.0 Å². The van der Waals surface area contributed by atoms with Crippen molar-refractivity contribution in [2.75, 3.05) is 6.54 Å². The van der Waals surface area contributed by atoms with Crippen LogP contribution in [0.2, 0.25) is 5.15 Å². The monoisotopic (exact) mass is 244 g/mol. The molecular formula is C14H13ClN2. The van der Waals surface area contributed by atoms with Gasteiger partial charge in [-0.05, 0) is 29.2 Å². The second-order valence-corrected chi connectivity index (χ2v) is 4.64. The van der Waals surface area contributed by atoms with Crippen molar-refractivity contribution in [3.63, 3.8) is 0 Å². The summed E-state index contributed by atoms with van der Waals surface area (Å²) in [6.45, 7) is 1.00. The highest BCUT2D eigenvalue weighted by Crippen LogP contribution is 2.28. The van der Waals surface area contributed by atoms with E-state index in [-0.39, 0.29) is 6.04 Å². The lowest BCUT2D eigenvalue weighted by atomic mass is 9.91. The van der Waals surface area contributed by atoms with Gasteiger partial charge in [0.25, 0.3) is 0 Å². The van der Waals surface area contributed by atoms with Crippen LogP contribution in [-0.2, 0) is 6.42 Å². The molecule has 2 nitrogen and oxygen atoms in total. The summed E-state index contributed by atoms with van der Waals surface area (Å²) in [6.07, 6.45) is 2.94. The molecule has 1 aliphatic heterocycles. The Morgan fingerprint density at radius 3 is 2.88 bits per heavy atom. The number of hydrogen-bond donors (Lipinski definition) is 1. The molecule has 0 amide bonds. The quantitative estimate of drug-likeness (QED) is 0.781. The van der Waals surface area contributed by atoms with Crippen molar-refractivity contribution in [2.45, 2.75) is 12.5 Å². The van der Waals surface area contributed by atoms with Crippen molar-refractivity contribution in [1.29, 1.82) is 0 Å². The summed E-state index contributed by atoms with van der Waals surface area (Å²) in [6, 6.07) is 12.7. The minimum absolute atomic E-state index is 0.240. The second kappa shape index (κ2) is 4.47. The zero-order valence-corrected chi connectivity index (χ0v) is 10.1. The van der Waals surface area contributed by atoms with Crippen LogP contribution >= 0.6 is 11.6 Å². The Hall–Kier alpha value is -1.38. The number of aromatic nitrogens is 1. The Kier molecular flexibility index (Phi) is 2.83. The number of rotatable bonds is 1. The Morgan fingerprint density at radius 1 is 1.18 bits per heavy atom. The fourth-order valence-corrected chi connectivity index (χ4v) is 2.47. The van der Waals surface area contributed by atoms with E-state index in [2.05, 4.69) is 34.6 Å². The topological polar surface area (TPSA) is 24.9 Å². The van der Waals surface area contributed by atoms with Crippen molar-refractivity contribution in [2.24, 2.45) is 0 Å². The van der Waals surface area contributed by atoms with E-state index in [0.29, 0.717) is 5.15 Å². The van der Waals surface area contributed by atoms with Gasteiger partial charge in [-0.2, -0.15) is 0 Å². The van der Waals surface area contributed by atoms with E-state index in [1.54, 1.807) is 0 Å². The highest BCUT2D eigenvalue weighted by Gasteiger charge is 2.20. The number of pyridine rings is 1. The van der Waals surface area contributed by atoms with E-state index in [4.69, 9.17) is 11.6 Å². The first-order chi connectivity index (χ1) is 8.34. The number of nitrogens with zero attached hydrogens (tertiary/aromatic N) is 1. The highest BCUT2D eigenvalue weighted by atomic mass is 35.5. The average molecular weight is 245 g/mol. The van der Waals surface area contributed by atoms with Crippen LogP contribution in [-0.4, -0.2) is 11.5 Å². The third-order valence-electron chi connectivity index (χ3n) is 3.19. The minimum atomic E-state index is 0.240. The summed E-state index contributed by atoms with van der Waals surface area (Å²) < 4.78 is 0. The molecule has 1 aromatic heterocycles. The van der Waals surface area contributed by atoms with Crippen molar-refractivity contribution < 1.29 is 0 Å². The summed E-state index contributed by atoms with van der Waals surface area (Å²) in [7, 11) is 0. The molecule has 3 rings (SSSR count). The predicted octanol–water partition coefficient (Wildman–Crippen LogP) is 2.97. The van der Waals surface area contributed by atoms with Gasteiger partial charge in [-0.1, -0.05) is 41.9 Å². The van der Waals surface area contributed by atoms with E-state index in [9.17, 15) is 0 Å². The molecule has 0 aliphatic carbocycles. The van der Waals surface area contributed by atoms with Crippen LogP contribution in [0, 0.1) is 0 Å². The van der Waals surface area contributed by atoms with Gasteiger partial charge in [0.2, 0.25) is 0 Å². The molecule has 2 heterocycles. The van der Waals surface area contributed by atoms with Gasteiger partial charge in [0.1, 0.15) is 5.15 Å². The summed E-state index contributed by atoms with van der Waals surface area (Å²) in [5.74, 6) is 0. The SMILES string of the molecule is Clc1ccc([C@@H]2NCCc3ccccc32)cn1. The molecule has 3 heteroatoms. The average Bonchev–Trinajstić information content (AvgIpc) is 2.39. The van der Waals surface area contributed by atoms with E-state index >= 15 is 0 Å². The molecule has 1 aromatic carbocycles. The van der Waals surface area contributed by atoms with Gasteiger partial charge in [-0.15, -0.1) is 0 Å². The molecule has 1 aliphatic rings.